The van der Waals surface area contributed by atoms with Crippen LogP contribution < -0.4 is 10.6 Å². The fraction of sp³-hybridized carbons (Fsp3) is 0.900. The van der Waals surface area contributed by atoms with E-state index in [4.69, 9.17) is 0 Å². The number of rotatable bonds is 3. The van der Waals surface area contributed by atoms with E-state index in [0.717, 1.165) is 6.42 Å². The van der Waals surface area contributed by atoms with Gasteiger partial charge in [0.15, 0.2) is 0 Å². The first-order chi connectivity index (χ1) is 6.44. The van der Waals surface area contributed by atoms with Crippen LogP contribution in [0.4, 0.5) is 0 Å². The molecule has 4 heteroatoms. The maximum Gasteiger partial charge on any atom is 0.237 e. The summed E-state index contributed by atoms with van der Waals surface area (Å²) in [6.45, 7) is 6.55. The van der Waals surface area contributed by atoms with E-state index in [-0.39, 0.29) is 23.6 Å². The summed E-state index contributed by atoms with van der Waals surface area (Å²) >= 11 is 0. The Labute approximate surface area is 85.1 Å². The quantitative estimate of drug-likeness (QED) is 0.601. The SMILES string of the molecule is CCC(C)(C)NC(=O)C1CC(O)CN1. The summed E-state index contributed by atoms with van der Waals surface area (Å²) in [5.41, 5.74) is -0.160. The second kappa shape index (κ2) is 4.28. The van der Waals surface area contributed by atoms with Crippen LogP contribution in [-0.4, -0.2) is 35.2 Å². The highest BCUT2D eigenvalue weighted by molar-refractivity contribution is 5.82. The second-order valence-corrected chi connectivity index (χ2v) is 4.58. The third-order valence-corrected chi connectivity index (χ3v) is 2.77. The van der Waals surface area contributed by atoms with Gasteiger partial charge >= 0.3 is 0 Å². The van der Waals surface area contributed by atoms with E-state index < -0.39 is 0 Å². The molecule has 1 rings (SSSR count). The maximum atomic E-state index is 11.7. The monoisotopic (exact) mass is 200 g/mol. The van der Waals surface area contributed by atoms with Gasteiger partial charge in [0.1, 0.15) is 0 Å². The summed E-state index contributed by atoms with van der Waals surface area (Å²) in [4.78, 5) is 11.7. The first kappa shape index (κ1) is 11.5. The molecule has 1 aliphatic heterocycles. The van der Waals surface area contributed by atoms with Crippen LogP contribution in [-0.2, 0) is 4.79 Å². The van der Waals surface area contributed by atoms with Crippen molar-refractivity contribution in [1.29, 1.82) is 0 Å². The predicted octanol–water partition coefficient (Wildman–Crippen LogP) is 0.0140. The van der Waals surface area contributed by atoms with Crippen LogP contribution in [0.5, 0.6) is 0 Å². The lowest BCUT2D eigenvalue weighted by Gasteiger charge is -2.26. The van der Waals surface area contributed by atoms with Crippen LogP contribution in [0.2, 0.25) is 0 Å². The summed E-state index contributed by atoms with van der Waals surface area (Å²) < 4.78 is 0. The lowest BCUT2D eigenvalue weighted by Crippen LogP contribution is -2.49. The van der Waals surface area contributed by atoms with Crippen molar-refractivity contribution >= 4 is 5.91 Å². The highest BCUT2D eigenvalue weighted by Crippen LogP contribution is 2.11. The summed E-state index contributed by atoms with van der Waals surface area (Å²) in [5.74, 6) is -0.00611. The molecule has 0 aromatic heterocycles. The average Bonchev–Trinajstić information content (AvgIpc) is 2.51. The van der Waals surface area contributed by atoms with Crippen LogP contribution in [0.1, 0.15) is 33.6 Å². The van der Waals surface area contributed by atoms with E-state index >= 15 is 0 Å². The Morgan fingerprint density at radius 2 is 2.29 bits per heavy atom. The molecule has 0 spiro atoms. The van der Waals surface area contributed by atoms with Crippen molar-refractivity contribution in [3.8, 4) is 0 Å². The standard InChI is InChI=1S/C10H20N2O2/c1-4-10(2,3)12-9(14)8-5-7(13)6-11-8/h7-8,11,13H,4-6H2,1-3H3,(H,12,14). The van der Waals surface area contributed by atoms with Crippen molar-refractivity contribution in [2.75, 3.05) is 6.54 Å². The first-order valence-electron chi connectivity index (χ1n) is 5.18. The molecule has 0 radical (unpaired) electrons. The van der Waals surface area contributed by atoms with Crippen molar-refractivity contribution in [3.63, 3.8) is 0 Å². The molecule has 2 unspecified atom stereocenters. The molecule has 0 aromatic carbocycles. The van der Waals surface area contributed by atoms with E-state index in [0.29, 0.717) is 13.0 Å². The minimum atomic E-state index is -0.379. The minimum Gasteiger partial charge on any atom is -0.392 e. The van der Waals surface area contributed by atoms with Crippen LogP contribution in [0.25, 0.3) is 0 Å². The summed E-state index contributed by atoms with van der Waals surface area (Å²) in [5, 5.41) is 15.2. The molecule has 0 aromatic rings. The molecule has 1 fully saturated rings. The van der Waals surface area contributed by atoms with Gasteiger partial charge in [0, 0.05) is 12.1 Å². The lowest BCUT2D eigenvalue weighted by atomic mass is 10.0. The molecule has 1 aliphatic rings. The Morgan fingerprint density at radius 3 is 2.71 bits per heavy atom. The first-order valence-corrected chi connectivity index (χ1v) is 5.18. The maximum absolute atomic E-state index is 11.7. The zero-order valence-electron chi connectivity index (χ0n) is 9.13. The van der Waals surface area contributed by atoms with Crippen LogP contribution in [0.3, 0.4) is 0 Å². The number of carbonyl (C=O) groups is 1. The number of aliphatic hydroxyl groups excluding tert-OH is 1. The third-order valence-electron chi connectivity index (χ3n) is 2.77. The number of β-amino-alcohol motifs (C(OH)–C–C–N with tert-alkyl or cyclic N) is 1. The summed E-state index contributed by atoms with van der Waals surface area (Å²) in [6.07, 6.45) is 1.04. The minimum absolute atomic E-state index is 0.00611. The molecule has 0 bridgehead atoms. The fourth-order valence-electron chi connectivity index (χ4n) is 1.43. The molecule has 14 heavy (non-hydrogen) atoms. The molecule has 2 atom stereocenters. The van der Waals surface area contributed by atoms with E-state index in [2.05, 4.69) is 10.6 Å². The van der Waals surface area contributed by atoms with Gasteiger partial charge in [-0.2, -0.15) is 0 Å². The molecule has 3 N–H and O–H groups in total. The van der Waals surface area contributed by atoms with Crippen molar-refractivity contribution in [1.82, 2.24) is 10.6 Å². The molecular formula is C10H20N2O2. The molecular weight excluding hydrogens is 180 g/mol. The van der Waals surface area contributed by atoms with Gasteiger partial charge in [0.2, 0.25) is 5.91 Å². The Balaban J connectivity index is 2.43. The van der Waals surface area contributed by atoms with Gasteiger partial charge in [0.05, 0.1) is 12.1 Å². The number of hydrogen-bond donors (Lipinski definition) is 3. The zero-order valence-corrected chi connectivity index (χ0v) is 9.13. The van der Waals surface area contributed by atoms with Gasteiger partial charge in [-0.25, -0.2) is 0 Å². The number of nitrogens with one attached hydrogen (secondary N) is 2. The van der Waals surface area contributed by atoms with Crippen molar-refractivity contribution < 1.29 is 9.90 Å². The fourth-order valence-corrected chi connectivity index (χ4v) is 1.43. The smallest absolute Gasteiger partial charge is 0.237 e. The van der Waals surface area contributed by atoms with E-state index in [1.807, 2.05) is 20.8 Å². The molecule has 1 saturated heterocycles. The molecule has 0 aliphatic carbocycles. The molecule has 1 amide bonds. The van der Waals surface area contributed by atoms with Crippen molar-refractivity contribution in [3.05, 3.63) is 0 Å². The Kier molecular flexibility index (Phi) is 3.50. The molecule has 0 saturated carbocycles. The number of hydrogen-bond acceptors (Lipinski definition) is 3. The van der Waals surface area contributed by atoms with Crippen molar-refractivity contribution in [2.45, 2.75) is 51.3 Å². The average molecular weight is 200 g/mol. The Morgan fingerprint density at radius 1 is 1.64 bits per heavy atom. The molecule has 82 valence electrons. The highest BCUT2D eigenvalue weighted by atomic mass is 16.3. The highest BCUT2D eigenvalue weighted by Gasteiger charge is 2.30. The number of aliphatic hydroxyl groups is 1. The predicted molar refractivity (Wildman–Crippen MR) is 54.9 cm³/mol. The van der Waals surface area contributed by atoms with Gasteiger partial charge in [-0.05, 0) is 26.7 Å². The van der Waals surface area contributed by atoms with E-state index in [9.17, 15) is 9.90 Å². The van der Waals surface area contributed by atoms with Gasteiger partial charge in [-0.1, -0.05) is 6.92 Å². The van der Waals surface area contributed by atoms with Crippen LogP contribution in [0, 0.1) is 0 Å². The normalized spacial score (nSPS) is 27.7. The number of amides is 1. The van der Waals surface area contributed by atoms with Crippen LogP contribution >= 0.6 is 0 Å². The van der Waals surface area contributed by atoms with Gasteiger partial charge in [0.25, 0.3) is 0 Å². The van der Waals surface area contributed by atoms with Gasteiger partial charge < -0.3 is 15.7 Å². The van der Waals surface area contributed by atoms with Gasteiger partial charge in [-0.3, -0.25) is 4.79 Å². The zero-order chi connectivity index (χ0) is 10.8. The molecule has 4 nitrogen and oxygen atoms in total. The topological polar surface area (TPSA) is 61.4 Å². The Bertz CT molecular complexity index is 216. The lowest BCUT2D eigenvalue weighted by molar-refractivity contribution is -0.124. The van der Waals surface area contributed by atoms with Crippen molar-refractivity contribution in [2.24, 2.45) is 0 Å². The van der Waals surface area contributed by atoms with E-state index in [1.54, 1.807) is 0 Å². The largest absolute Gasteiger partial charge is 0.392 e. The third kappa shape index (κ3) is 2.96. The second-order valence-electron chi connectivity index (χ2n) is 4.58. The molecule has 1 heterocycles. The summed E-state index contributed by atoms with van der Waals surface area (Å²) in [7, 11) is 0. The van der Waals surface area contributed by atoms with Crippen LogP contribution in [0.15, 0.2) is 0 Å². The van der Waals surface area contributed by atoms with Gasteiger partial charge in [-0.15, -0.1) is 0 Å². The van der Waals surface area contributed by atoms with E-state index in [1.165, 1.54) is 0 Å². The summed E-state index contributed by atoms with van der Waals surface area (Å²) in [6, 6.07) is -0.226. The number of carbonyl (C=O) groups excluding carboxylic acids is 1. The Hall–Kier alpha value is -0.610.